The van der Waals surface area contributed by atoms with E-state index >= 15 is 0 Å². The zero-order valence-electron chi connectivity index (χ0n) is 16.1. The molecule has 9 heteroatoms. The highest BCUT2D eigenvalue weighted by Gasteiger charge is 2.69. The number of alkyl halides is 3. The van der Waals surface area contributed by atoms with Gasteiger partial charge in [-0.25, -0.2) is 4.79 Å². The smallest absolute Gasteiger partial charge is 0.410 e. The van der Waals surface area contributed by atoms with E-state index in [2.05, 4.69) is 15.9 Å². The number of ether oxygens (including phenoxy) is 1. The Labute approximate surface area is 170 Å². The molecule has 0 aliphatic carbocycles. The van der Waals surface area contributed by atoms with Gasteiger partial charge in [-0.15, -0.1) is 0 Å². The molecule has 1 N–H and O–H groups in total. The van der Waals surface area contributed by atoms with Crippen LogP contribution in [-0.4, -0.2) is 46.9 Å². The van der Waals surface area contributed by atoms with Crippen LogP contribution in [0.2, 0.25) is 0 Å². The molecule has 0 bridgehead atoms. The summed E-state index contributed by atoms with van der Waals surface area (Å²) in [4.78, 5) is 25.0. The molecule has 1 aromatic rings. The Morgan fingerprint density at radius 3 is 2.39 bits per heavy atom. The molecule has 1 aliphatic heterocycles. The van der Waals surface area contributed by atoms with Crippen LogP contribution in [0.25, 0.3) is 0 Å². The second kappa shape index (κ2) is 7.57. The fourth-order valence-electron chi connectivity index (χ4n) is 3.42. The van der Waals surface area contributed by atoms with Gasteiger partial charge in [-0.3, -0.25) is 4.79 Å². The average Bonchev–Trinajstić information content (AvgIpc) is 2.90. The molecule has 0 spiro atoms. The molecule has 0 radical (unpaired) electrons. The summed E-state index contributed by atoms with van der Waals surface area (Å²) in [5.41, 5.74) is -2.55. The SMILES string of the molecule is Cc1cc(CC2CN(C(=O)OC(C)(C)C)CC2(C(=O)O)C(F)(F)F)ccc1Br. The molecule has 0 aromatic heterocycles. The lowest BCUT2D eigenvalue weighted by Crippen LogP contribution is -2.52. The number of nitrogens with zero attached hydrogens (tertiary/aromatic N) is 1. The van der Waals surface area contributed by atoms with Gasteiger partial charge in [-0.1, -0.05) is 28.1 Å². The lowest BCUT2D eigenvalue weighted by Gasteiger charge is -2.32. The Kier molecular flexibility index (Phi) is 6.09. The number of aryl methyl sites for hydroxylation is 1. The molecule has 156 valence electrons. The van der Waals surface area contributed by atoms with Crippen LogP contribution in [0, 0.1) is 18.3 Å². The molecule has 1 saturated heterocycles. The summed E-state index contributed by atoms with van der Waals surface area (Å²) in [6.45, 7) is 5.26. The van der Waals surface area contributed by atoms with Gasteiger partial charge in [0.1, 0.15) is 5.60 Å². The van der Waals surface area contributed by atoms with E-state index in [9.17, 15) is 27.9 Å². The Bertz CT molecular complexity index is 775. The highest BCUT2D eigenvalue weighted by molar-refractivity contribution is 9.10. The van der Waals surface area contributed by atoms with Gasteiger partial charge in [0.25, 0.3) is 0 Å². The number of carboxylic acid groups (broad SMARTS) is 1. The second-order valence-electron chi connectivity index (χ2n) is 8.12. The van der Waals surface area contributed by atoms with Gasteiger partial charge in [0.05, 0.1) is 0 Å². The largest absolute Gasteiger partial charge is 0.481 e. The van der Waals surface area contributed by atoms with E-state index in [1.807, 2.05) is 0 Å². The van der Waals surface area contributed by atoms with Gasteiger partial charge in [0.2, 0.25) is 0 Å². The van der Waals surface area contributed by atoms with Crippen molar-refractivity contribution < 1.29 is 32.6 Å². The van der Waals surface area contributed by atoms with Crippen LogP contribution >= 0.6 is 15.9 Å². The van der Waals surface area contributed by atoms with Crippen molar-refractivity contribution in [3.63, 3.8) is 0 Å². The van der Waals surface area contributed by atoms with Crippen LogP contribution in [0.5, 0.6) is 0 Å². The lowest BCUT2D eigenvalue weighted by molar-refractivity contribution is -0.237. The number of carbonyl (C=O) groups excluding carboxylic acids is 1. The second-order valence-corrected chi connectivity index (χ2v) is 8.97. The van der Waals surface area contributed by atoms with E-state index in [1.165, 1.54) is 0 Å². The lowest BCUT2D eigenvalue weighted by atomic mass is 9.74. The van der Waals surface area contributed by atoms with Crippen LogP contribution in [0.15, 0.2) is 22.7 Å². The number of hydrogen-bond donors (Lipinski definition) is 1. The summed E-state index contributed by atoms with van der Waals surface area (Å²) in [5.74, 6) is -3.32. The maximum Gasteiger partial charge on any atom is 0.410 e. The van der Waals surface area contributed by atoms with E-state index in [0.29, 0.717) is 5.56 Å². The first-order valence-corrected chi connectivity index (χ1v) is 9.50. The predicted octanol–water partition coefficient (Wildman–Crippen LogP) is 4.80. The summed E-state index contributed by atoms with van der Waals surface area (Å²) in [5, 5.41) is 9.57. The highest BCUT2D eigenvalue weighted by atomic mass is 79.9. The van der Waals surface area contributed by atoms with E-state index in [0.717, 1.165) is 14.9 Å². The van der Waals surface area contributed by atoms with Crippen molar-refractivity contribution in [3.05, 3.63) is 33.8 Å². The molecule has 2 atom stereocenters. The number of halogens is 4. The number of hydrogen-bond acceptors (Lipinski definition) is 3. The topological polar surface area (TPSA) is 66.8 Å². The third-order valence-electron chi connectivity index (χ3n) is 4.82. The average molecular weight is 466 g/mol. The molecule has 1 heterocycles. The van der Waals surface area contributed by atoms with E-state index in [4.69, 9.17) is 4.74 Å². The van der Waals surface area contributed by atoms with Gasteiger partial charge in [-0.2, -0.15) is 13.2 Å². The summed E-state index contributed by atoms with van der Waals surface area (Å²) in [6, 6.07) is 5.07. The number of amides is 1. The van der Waals surface area contributed by atoms with Gasteiger partial charge < -0.3 is 14.7 Å². The van der Waals surface area contributed by atoms with Gasteiger partial charge in [0.15, 0.2) is 5.41 Å². The summed E-state index contributed by atoms with van der Waals surface area (Å²) >= 11 is 3.33. The van der Waals surface area contributed by atoms with Crippen LogP contribution in [0.4, 0.5) is 18.0 Å². The van der Waals surface area contributed by atoms with Crippen molar-refractivity contribution >= 4 is 28.0 Å². The Hall–Kier alpha value is -1.77. The van der Waals surface area contributed by atoms with E-state index in [1.54, 1.807) is 45.9 Å². The zero-order chi connectivity index (χ0) is 21.5. The summed E-state index contributed by atoms with van der Waals surface area (Å²) in [6.07, 6.45) is -6.10. The monoisotopic (exact) mass is 465 g/mol. The minimum absolute atomic E-state index is 0.126. The minimum Gasteiger partial charge on any atom is -0.481 e. The molecular formula is C19H23BrF3NO4. The van der Waals surface area contributed by atoms with Crippen molar-refractivity contribution in [2.75, 3.05) is 13.1 Å². The molecule has 1 fully saturated rings. The first-order chi connectivity index (χ1) is 12.7. The standard InChI is InChI=1S/C19H23BrF3NO4/c1-11-7-12(5-6-14(11)20)8-13-9-24(16(27)28-17(2,3)4)10-18(13,15(25)26)19(21,22)23/h5-7,13H,8-10H2,1-4H3,(H,25,26). The maximum atomic E-state index is 14.0. The van der Waals surface area contributed by atoms with E-state index < -0.39 is 41.7 Å². The molecular weight excluding hydrogens is 443 g/mol. The third-order valence-corrected chi connectivity index (χ3v) is 5.71. The number of likely N-dealkylation sites (tertiary alicyclic amines) is 1. The minimum atomic E-state index is -5.02. The van der Waals surface area contributed by atoms with E-state index in [-0.39, 0.29) is 13.0 Å². The third kappa shape index (κ3) is 4.45. The number of carboxylic acids is 1. The normalized spacial score (nSPS) is 23.0. The Morgan fingerprint density at radius 1 is 1.32 bits per heavy atom. The Balaban J connectivity index is 2.41. The van der Waals surface area contributed by atoms with Crippen molar-refractivity contribution in [2.45, 2.75) is 45.9 Å². The van der Waals surface area contributed by atoms with Gasteiger partial charge in [-0.05, 0) is 51.3 Å². The molecule has 2 unspecified atom stereocenters. The molecule has 1 aliphatic rings. The van der Waals surface area contributed by atoms with Crippen molar-refractivity contribution in [1.82, 2.24) is 4.90 Å². The molecule has 2 rings (SSSR count). The molecule has 1 aromatic carbocycles. The van der Waals surface area contributed by atoms with Crippen molar-refractivity contribution in [3.8, 4) is 0 Å². The van der Waals surface area contributed by atoms with Gasteiger partial charge in [0, 0.05) is 23.5 Å². The predicted molar refractivity (Wildman–Crippen MR) is 100 cm³/mol. The van der Waals surface area contributed by atoms with Crippen LogP contribution < -0.4 is 0 Å². The summed E-state index contributed by atoms with van der Waals surface area (Å²) in [7, 11) is 0. The highest BCUT2D eigenvalue weighted by Crippen LogP contribution is 2.50. The fourth-order valence-corrected chi connectivity index (χ4v) is 3.67. The number of aliphatic carboxylic acids is 1. The van der Waals surface area contributed by atoms with Crippen LogP contribution in [-0.2, 0) is 16.0 Å². The number of rotatable bonds is 3. The van der Waals surface area contributed by atoms with Gasteiger partial charge >= 0.3 is 18.2 Å². The number of carbonyl (C=O) groups is 2. The maximum absolute atomic E-state index is 14.0. The fraction of sp³-hybridized carbons (Fsp3) is 0.579. The quantitative estimate of drug-likeness (QED) is 0.695. The molecule has 5 nitrogen and oxygen atoms in total. The first kappa shape index (κ1) is 22.5. The van der Waals surface area contributed by atoms with Crippen molar-refractivity contribution in [1.29, 1.82) is 0 Å². The van der Waals surface area contributed by atoms with Crippen LogP contribution in [0.1, 0.15) is 31.9 Å². The van der Waals surface area contributed by atoms with Crippen molar-refractivity contribution in [2.24, 2.45) is 11.3 Å². The molecule has 1 amide bonds. The Morgan fingerprint density at radius 2 is 1.93 bits per heavy atom. The molecule has 0 saturated carbocycles. The first-order valence-electron chi connectivity index (χ1n) is 8.70. The number of benzene rings is 1. The zero-order valence-corrected chi connectivity index (χ0v) is 17.6. The van der Waals surface area contributed by atoms with Crippen LogP contribution in [0.3, 0.4) is 0 Å². The molecule has 28 heavy (non-hydrogen) atoms. The summed E-state index contributed by atoms with van der Waals surface area (Å²) < 4.78 is 47.9.